The number of nitrogens with one attached hydrogen (secondary N) is 2. The molecule has 1 saturated heterocycles. The molecule has 0 spiro atoms. The van der Waals surface area contributed by atoms with Crippen LogP contribution in [0.3, 0.4) is 0 Å². The van der Waals surface area contributed by atoms with Crippen LogP contribution in [0.4, 0.5) is 5.69 Å². The minimum Gasteiger partial charge on any atom is -0.464 e. The van der Waals surface area contributed by atoms with E-state index in [-0.39, 0.29) is 17.8 Å². The molecule has 1 aromatic heterocycles. The normalized spacial score (nSPS) is 18.5. The van der Waals surface area contributed by atoms with E-state index in [4.69, 9.17) is 4.74 Å². The summed E-state index contributed by atoms with van der Waals surface area (Å²) in [6.07, 6.45) is 4.03. The van der Waals surface area contributed by atoms with E-state index in [2.05, 4.69) is 15.7 Å². The van der Waals surface area contributed by atoms with Gasteiger partial charge in [0.25, 0.3) is 0 Å². The highest BCUT2D eigenvalue weighted by Crippen LogP contribution is 2.20. The van der Waals surface area contributed by atoms with Crippen molar-refractivity contribution in [2.24, 2.45) is 5.92 Å². The third kappa shape index (κ3) is 3.41. The van der Waals surface area contributed by atoms with Gasteiger partial charge in [-0.3, -0.25) is 9.48 Å². The van der Waals surface area contributed by atoms with Crippen molar-refractivity contribution in [2.75, 3.05) is 25.0 Å². The first-order valence-corrected chi connectivity index (χ1v) is 7.19. The predicted molar refractivity (Wildman–Crippen MR) is 77.8 cm³/mol. The summed E-state index contributed by atoms with van der Waals surface area (Å²) in [6.45, 7) is 7.11. The van der Waals surface area contributed by atoms with Crippen molar-refractivity contribution in [3.8, 4) is 0 Å². The zero-order valence-corrected chi connectivity index (χ0v) is 12.7. The molecular formula is C14H22N4O3. The van der Waals surface area contributed by atoms with E-state index in [1.807, 2.05) is 0 Å². The summed E-state index contributed by atoms with van der Waals surface area (Å²) in [6, 6.07) is 0. The summed E-state index contributed by atoms with van der Waals surface area (Å²) in [5.41, 5.74) is -0.322. The molecule has 7 heteroatoms. The summed E-state index contributed by atoms with van der Waals surface area (Å²) in [5, 5.41) is 10.1. The maximum atomic E-state index is 12.0. The van der Waals surface area contributed by atoms with Crippen LogP contribution in [0.2, 0.25) is 0 Å². The van der Waals surface area contributed by atoms with Gasteiger partial charge in [0.2, 0.25) is 5.91 Å². The first-order chi connectivity index (χ1) is 9.95. The number of ether oxygens (including phenoxy) is 1. The molecule has 0 saturated carbocycles. The molecule has 0 bridgehead atoms. The third-order valence-electron chi connectivity index (χ3n) is 3.63. The van der Waals surface area contributed by atoms with Gasteiger partial charge in [0, 0.05) is 12.7 Å². The van der Waals surface area contributed by atoms with Crippen molar-refractivity contribution in [3.05, 3.63) is 12.4 Å². The zero-order chi connectivity index (χ0) is 15.5. The number of aromatic nitrogens is 2. The highest BCUT2D eigenvalue weighted by Gasteiger charge is 2.32. The number of carbonyl (C=O) groups excluding carboxylic acids is 2. The van der Waals surface area contributed by atoms with Crippen molar-refractivity contribution < 1.29 is 14.3 Å². The Morgan fingerprint density at radius 2 is 2.33 bits per heavy atom. The van der Waals surface area contributed by atoms with Crippen molar-refractivity contribution in [2.45, 2.75) is 32.7 Å². The molecular weight excluding hydrogens is 272 g/mol. The largest absolute Gasteiger partial charge is 0.464 e. The Morgan fingerprint density at radius 1 is 1.57 bits per heavy atom. The van der Waals surface area contributed by atoms with Gasteiger partial charge in [0.1, 0.15) is 0 Å². The minimum atomic E-state index is -0.909. The van der Waals surface area contributed by atoms with Crippen LogP contribution in [-0.4, -0.2) is 41.4 Å². The average molecular weight is 294 g/mol. The van der Waals surface area contributed by atoms with Crippen molar-refractivity contribution in [3.63, 3.8) is 0 Å². The lowest BCUT2D eigenvalue weighted by molar-refractivity contribution is -0.152. The third-order valence-corrected chi connectivity index (χ3v) is 3.63. The molecule has 1 atom stereocenters. The number of carbonyl (C=O) groups is 2. The second-order valence-electron chi connectivity index (χ2n) is 5.63. The molecule has 7 nitrogen and oxygen atoms in total. The van der Waals surface area contributed by atoms with Gasteiger partial charge in [-0.25, -0.2) is 4.79 Å². The predicted octanol–water partition coefficient (Wildman–Crippen LogP) is 0.729. The molecule has 1 unspecified atom stereocenters. The number of hydrogen-bond acceptors (Lipinski definition) is 5. The van der Waals surface area contributed by atoms with Crippen LogP contribution in [0.1, 0.15) is 27.2 Å². The Kier molecular flexibility index (Phi) is 4.62. The highest BCUT2D eigenvalue weighted by molar-refractivity contribution is 5.92. The summed E-state index contributed by atoms with van der Waals surface area (Å²) in [5.74, 6) is -0.383. The summed E-state index contributed by atoms with van der Waals surface area (Å²) >= 11 is 0. The van der Waals surface area contributed by atoms with E-state index in [1.54, 1.807) is 33.2 Å². The van der Waals surface area contributed by atoms with Gasteiger partial charge in [0.05, 0.1) is 24.4 Å². The van der Waals surface area contributed by atoms with E-state index in [1.165, 1.54) is 4.68 Å². The van der Waals surface area contributed by atoms with E-state index >= 15 is 0 Å². The molecule has 2 rings (SSSR count). The number of amides is 1. The molecule has 21 heavy (non-hydrogen) atoms. The van der Waals surface area contributed by atoms with Crippen LogP contribution in [0, 0.1) is 5.92 Å². The Bertz CT molecular complexity index is 518. The molecule has 1 amide bonds. The van der Waals surface area contributed by atoms with Crippen LogP contribution in [0.25, 0.3) is 0 Å². The number of esters is 1. The van der Waals surface area contributed by atoms with E-state index in [0.717, 1.165) is 13.0 Å². The minimum absolute atomic E-state index is 0.00795. The second kappa shape index (κ2) is 6.26. The first kappa shape index (κ1) is 15.5. The zero-order valence-electron chi connectivity index (χ0n) is 12.7. The SMILES string of the molecule is CCOC(=O)C(C)(C)n1cc(NC(=O)C2CCNC2)cn1. The lowest BCUT2D eigenvalue weighted by Crippen LogP contribution is -2.37. The molecule has 116 valence electrons. The molecule has 1 aliphatic rings. The Morgan fingerprint density at radius 3 is 2.95 bits per heavy atom. The molecule has 0 aromatic carbocycles. The fourth-order valence-corrected chi connectivity index (χ4v) is 2.22. The van der Waals surface area contributed by atoms with Crippen LogP contribution in [-0.2, 0) is 19.9 Å². The first-order valence-electron chi connectivity index (χ1n) is 7.19. The number of anilines is 1. The van der Waals surface area contributed by atoms with E-state index in [0.29, 0.717) is 18.8 Å². The van der Waals surface area contributed by atoms with Gasteiger partial charge >= 0.3 is 5.97 Å². The van der Waals surface area contributed by atoms with Gasteiger partial charge < -0.3 is 15.4 Å². The highest BCUT2D eigenvalue weighted by atomic mass is 16.5. The molecule has 2 heterocycles. The number of rotatable bonds is 5. The van der Waals surface area contributed by atoms with E-state index in [9.17, 15) is 9.59 Å². The van der Waals surface area contributed by atoms with Crippen molar-refractivity contribution in [1.29, 1.82) is 0 Å². The molecule has 0 radical (unpaired) electrons. The lowest BCUT2D eigenvalue weighted by Gasteiger charge is -2.22. The fourth-order valence-electron chi connectivity index (χ4n) is 2.22. The molecule has 2 N–H and O–H groups in total. The van der Waals surface area contributed by atoms with Gasteiger partial charge in [-0.05, 0) is 33.7 Å². The molecule has 0 aliphatic carbocycles. The van der Waals surface area contributed by atoms with Crippen LogP contribution >= 0.6 is 0 Å². The van der Waals surface area contributed by atoms with Crippen LogP contribution in [0.15, 0.2) is 12.4 Å². The monoisotopic (exact) mass is 294 g/mol. The van der Waals surface area contributed by atoms with Gasteiger partial charge in [-0.1, -0.05) is 0 Å². The Balaban J connectivity index is 2.03. The van der Waals surface area contributed by atoms with Crippen LogP contribution in [0.5, 0.6) is 0 Å². The van der Waals surface area contributed by atoms with Crippen LogP contribution < -0.4 is 10.6 Å². The second-order valence-corrected chi connectivity index (χ2v) is 5.63. The smallest absolute Gasteiger partial charge is 0.333 e. The fraction of sp³-hybridized carbons (Fsp3) is 0.643. The Hall–Kier alpha value is -1.89. The molecule has 1 aromatic rings. The van der Waals surface area contributed by atoms with Gasteiger partial charge in [-0.15, -0.1) is 0 Å². The maximum absolute atomic E-state index is 12.0. The van der Waals surface area contributed by atoms with Crippen molar-refractivity contribution in [1.82, 2.24) is 15.1 Å². The quantitative estimate of drug-likeness (QED) is 0.782. The lowest BCUT2D eigenvalue weighted by atomic mass is 10.1. The Labute approximate surface area is 124 Å². The summed E-state index contributed by atoms with van der Waals surface area (Å²) in [7, 11) is 0. The van der Waals surface area contributed by atoms with Gasteiger partial charge in [0.15, 0.2) is 5.54 Å². The molecule has 1 aliphatic heterocycles. The average Bonchev–Trinajstić information content (AvgIpc) is 3.10. The maximum Gasteiger partial charge on any atom is 0.333 e. The van der Waals surface area contributed by atoms with E-state index < -0.39 is 5.54 Å². The van der Waals surface area contributed by atoms with Gasteiger partial charge in [-0.2, -0.15) is 5.10 Å². The van der Waals surface area contributed by atoms with Crippen molar-refractivity contribution >= 4 is 17.6 Å². The number of hydrogen-bond donors (Lipinski definition) is 2. The standard InChI is InChI=1S/C14H22N4O3/c1-4-21-13(20)14(2,3)18-9-11(8-16-18)17-12(19)10-5-6-15-7-10/h8-10,15H,4-7H2,1-3H3,(H,17,19). The summed E-state index contributed by atoms with van der Waals surface area (Å²) in [4.78, 5) is 24.0. The summed E-state index contributed by atoms with van der Waals surface area (Å²) < 4.78 is 6.54. The molecule has 1 fully saturated rings. The topological polar surface area (TPSA) is 85.2 Å². The number of nitrogens with zero attached hydrogens (tertiary/aromatic N) is 2.